The molecule has 3 aromatic carbocycles. The topological polar surface area (TPSA) is 73.2 Å². The summed E-state index contributed by atoms with van der Waals surface area (Å²) in [6, 6.07) is 22.3. The summed E-state index contributed by atoms with van der Waals surface area (Å²) in [5.74, 6) is 0.647. The van der Waals surface area contributed by atoms with Gasteiger partial charge in [0.05, 0.1) is 16.7 Å². The number of carbonyl (C=O) groups is 2. The minimum absolute atomic E-state index is 0.184. The van der Waals surface area contributed by atoms with Crippen molar-refractivity contribution >= 4 is 29.1 Å². The molecule has 1 amide bonds. The molecule has 1 heterocycles. The number of carbonyl (C=O) groups excluding carboxylic acids is 2. The van der Waals surface area contributed by atoms with Crippen molar-refractivity contribution in [3.8, 4) is 11.4 Å². The molecule has 0 spiro atoms. The molecule has 0 fully saturated rings. The number of para-hydroxylation sites is 2. The average Bonchev–Trinajstić information content (AvgIpc) is 3.10. The lowest BCUT2D eigenvalue weighted by atomic mass is 10.1. The van der Waals surface area contributed by atoms with Crippen LogP contribution in [0.2, 0.25) is 0 Å². The first-order valence-electron chi connectivity index (χ1n) is 9.15. The van der Waals surface area contributed by atoms with Gasteiger partial charge in [-0.1, -0.05) is 48.5 Å². The maximum absolute atomic E-state index is 12.3. The molecule has 0 saturated heterocycles. The third-order valence-electron chi connectivity index (χ3n) is 4.69. The number of rotatable bonds is 5. The van der Waals surface area contributed by atoms with E-state index in [0.29, 0.717) is 22.6 Å². The van der Waals surface area contributed by atoms with Crippen molar-refractivity contribution in [2.45, 2.75) is 6.61 Å². The average molecular weight is 385 g/mol. The van der Waals surface area contributed by atoms with Crippen molar-refractivity contribution in [2.24, 2.45) is 7.05 Å². The fraction of sp³-hybridized carbons (Fsp3) is 0.0870. The number of fused-ring (bicyclic) bond motifs is 1. The fourth-order valence-electron chi connectivity index (χ4n) is 3.23. The largest absolute Gasteiger partial charge is 0.444 e. The maximum Gasteiger partial charge on any atom is 0.411 e. The lowest BCUT2D eigenvalue weighted by molar-refractivity contribution is 0.112. The van der Waals surface area contributed by atoms with Gasteiger partial charge in [0.2, 0.25) is 0 Å². The molecule has 0 saturated carbocycles. The van der Waals surface area contributed by atoms with Gasteiger partial charge in [-0.25, -0.2) is 9.78 Å². The Morgan fingerprint density at radius 3 is 2.59 bits per heavy atom. The lowest BCUT2D eigenvalue weighted by Crippen LogP contribution is -2.14. The SMILES string of the molecule is Cn1c(-c2ccccc2NC(=O)OCc2ccccc2)nc2c(C=O)cccc21. The number of aryl methyl sites for hydroxylation is 1. The molecule has 0 atom stereocenters. The molecular formula is C23H19N3O3. The van der Waals surface area contributed by atoms with Gasteiger partial charge in [-0.15, -0.1) is 0 Å². The highest BCUT2D eigenvalue weighted by Gasteiger charge is 2.16. The molecular weight excluding hydrogens is 366 g/mol. The van der Waals surface area contributed by atoms with Gasteiger partial charge in [0.25, 0.3) is 0 Å². The number of anilines is 1. The predicted molar refractivity (Wildman–Crippen MR) is 112 cm³/mol. The Morgan fingerprint density at radius 1 is 1.03 bits per heavy atom. The van der Waals surface area contributed by atoms with Gasteiger partial charge in [0.15, 0.2) is 6.29 Å². The van der Waals surface area contributed by atoms with Crippen LogP contribution in [0.25, 0.3) is 22.4 Å². The first kappa shape index (κ1) is 18.4. The van der Waals surface area contributed by atoms with E-state index in [1.807, 2.05) is 72.3 Å². The van der Waals surface area contributed by atoms with Crippen LogP contribution in [-0.2, 0) is 18.4 Å². The second-order valence-corrected chi connectivity index (χ2v) is 6.56. The van der Waals surface area contributed by atoms with Crippen LogP contribution < -0.4 is 5.32 Å². The van der Waals surface area contributed by atoms with Crippen molar-refractivity contribution in [1.29, 1.82) is 0 Å². The Kier molecular flexibility index (Phi) is 5.07. The summed E-state index contributed by atoms with van der Waals surface area (Å²) < 4.78 is 7.23. The number of nitrogens with zero attached hydrogens (tertiary/aromatic N) is 2. The standard InChI is InChI=1S/C23H19N3O3/c1-26-20-13-7-10-17(14-27)21(20)25-22(26)18-11-5-6-12-19(18)24-23(28)29-15-16-8-3-2-4-9-16/h2-14H,15H2,1H3,(H,24,28). The summed E-state index contributed by atoms with van der Waals surface area (Å²) >= 11 is 0. The van der Waals surface area contributed by atoms with Crippen LogP contribution in [0, 0.1) is 0 Å². The van der Waals surface area contributed by atoms with E-state index in [1.54, 1.807) is 12.1 Å². The Balaban J connectivity index is 1.62. The molecule has 29 heavy (non-hydrogen) atoms. The van der Waals surface area contributed by atoms with Crippen LogP contribution in [0.3, 0.4) is 0 Å². The molecule has 1 aromatic heterocycles. The van der Waals surface area contributed by atoms with E-state index in [1.165, 1.54) is 0 Å². The van der Waals surface area contributed by atoms with Crippen molar-refractivity contribution < 1.29 is 14.3 Å². The number of amides is 1. The minimum atomic E-state index is -0.548. The van der Waals surface area contributed by atoms with Gasteiger partial charge in [-0.3, -0.25) is 10.1 Å². The molecule has 0 bridgehead atoms. The molecule has 1 N–H and O–H groups in total. The summed E-state index contributed by atoms with van der Waals surface area (Å²) in [4.78, 5) is 28.3. The second-order valence-electron chi connectivity index (χ2n) is 6.56. The quantitative estimate of drug-likeness (QED) is 0.501. The van der Waals surface area contributed by atoms with E-state index in [4.69, 9.17) is 4.74 Å². The predicted octanol–water partition coefficient (Wildman–Crippen LogP) is 4.80. The summed E-state index contributed by atoms with van der Waals surface area (Å²) in [6.45, 7) is 0.184. The highest BCUT2D eigenvalue weighted by atomic mass is 16.5. The molecule has 6 nitrogen and oxygen atoms in total. The number of imidazole rings is 1. The molecule has 0 aliphatic heterocycles. The monoisotopic (exact) mass is 385 g/mol. The van der Waals surface area contributed by atoms with Crippen molar-refractivity contribution in [2.75, 3.05) is 5.32 Å². The van der Waals surface area contributed by atoms with E-state index in [-0.39, 0.29) is 6.61 Å². The number of hydrogen-bond acceptors (Lipinski definition) is 4. The van der Waals surface area contributed by atoms with E-state index < -0.39 is 6.09 Å². The Bertz CT molecular complexity index is 1180. The van der Waals surface area contributed by atoms with Crippen LogP contribution in [-0.4, -0.2) is 21.9 Å². The van der Waals surface area contributed by atoms with Crippen LogP contribution in [0.4, 0.5) is 10.5 Å². The van der Waals surface area contributed by atoms with Crippen molar-refractivity contribution in [3.05, 3.63) is 83.9 Å². The number of ether oxygens (including phenoxy) is 1. The first-order valence-corrected chi connectivity index (χ1v) is 9.15. The lowest BCUT2D eigenvalue weighted by Gasteiger charge is -2.11. The zero-order chi connectivity index (χ0) is 20.2. The van der Waals surface area contributed by atoms with Gasteiger partial charge in [0, 0.05) is 18.2 Å². The number of aromatic nitrogens is 2. The van der Waals surface area contributed by atoms with Crippen LogP contribution in [0.1, 0.15) is 15.9 Å². The van der Waals surface area contributed by atoms with Crippen LogP contribution in [0.5, 0.6) is 0 Å². The molecule has 4 rings (SSSR count). The van der Waals surface area contributed by atoms with Crippen LogP contribution >= 0.6 is 0 Å². The van der Waals surface area contributed by atoms with Gasteiger partial charge in [-0.2, -0.15) is 0 Å². The van der Waals surface area contributed by atoms with Gasteiger partial charge >= 0.3 is 6.09 Å². The van der Waals surface area contributed by atoms with E-state index in [9.17, 15) is 9.59 Å². The fourth-order valence-corrected chi connectivity index (χ4v) is 3.23. The molecule has 144 valence electrons. The molecule has 6 heteroatoms. The summed E-state index contributed by atoms with van der Waals surface area (Å²) in [6.07, 6.45) is 0.248. The zero-order valence-corrected chi connectivity index (χ0v) is 15.8. The molecule has 0 radical (unpaired) electrons. The van der Waals surface area contributed by atoms with Gasteiger partial charge in [0.1, 0.15) is 12.4 Å². The number of nitrogens with one attached hydrogen (secondary N) is 1. The highest BCUT2D eigenvalue weighted by molar-refractivity contribution is 5.97. The zero-order valence-electron chi connectivity index (χ0n) is 15.8. The Morgan fingerprint density at radius 2 is 1.79 bits per heavy atom. The van der Waals surface area contributed by atoms with E-state index in [2.05, 4.69) is 10.3 Å². The highest BCUT2D eigenvalue weighted by Crippen LogP contribution is 2.30. The number of benzene rings is 3. The normalized spacial score (nSPS) is 10.7. The van der Waals surface area contributed by atoms with Gasteiger partial charge < -0.3 is 9.30 Å². The van der Waals surface area contributed by atoms with Crippen molar-refractivity contribution in [1.82, 2.24) is 9.55 Å². The number of aldehydes is 1. The third-order valence-corrected chi connectivity index (χ3v) is 4.69. The summed E-state index contributed by atoms with van der Waals surface area (Å²) in [5, 5.41) is 2.80. The smallest absolute Gasteiger partial charge is 0.411 e. The number of hydrogen-bond donors (Lipinski definition) is 1. The Labute approximate surface area is 167 Å². The minimum Gasteiger partial charge on any atom is -0.444 e. The molecule has 0 unspecified atom stereocenters. The third kappa shape index (κ3) is 3.73. The summed E-state index contributed by atoms with van der Waals surface area (Å²) in [5.41, 5.74) is 4.22. The second kappa shape index (κ2) is 7.98. The van der Waals surface area contributed by atoms with Crippen molar-refractivity contribution in [3.63, 3.8) is 0 Å². The first-order chi connectivity index (χ1) is 14.2. The Hall–Kier alpha value is -3.93. The van der Waals surface area contributed by atoms with Crippen LogP contribution in [0.15, 0.2) is 72.8 Å². The maximum atomic E-state index is 12.3. The summed E-state index contributed by atoms with van der Waals surface area (Å²) in [7, 11) is 1.88. The molecule has 0 aliphatic carbocycles. The van der Waals surface area contributed by atoms with Gasteiger partial charge in [-0.05, 0) is 29.8 Å². The van der Waals surface area contributed by atoms with E-state index >= 15 is 0 Å². The molecule has 4 aromatic rings. The molecule has 0 aliphatic rings. The van der Waals surface area contributed by atoms with E-state index in [0.717, 1.165) is 22.9 Å².